The molecule has 2 aromatic rings. The van der Waals surface area contributed by atoms with Gasteiger partial charge in [0.1, 0.15) is 12.4 Å². The molecule has 0 bridgehead atoms. The fraction of sp³-hybridized carbons (Fsp3) is 0.480. The van der Waals surface area contributed by atoms with Gasteiger partial charge in [0.2, 0.25) is 0 Å². The van der Waals surface area contributed by atoms with Crippen molar-refractivity contribution in [2.45, 2.75) is 26.3 Å². The number of carbonyl (C=O) groups is 1. The number of piperazine rings is 1. The van der Waals surface area contributed by atoms with Gasteiger partial charge in [0.15, 0.2) is 0 Å². The van der Waals surface area contributed by atoms with Gasteiger partial charge in [0.05, 0.1) is 6.04 Å². The van der Waals surface area contributed by atoms with Gasteiger partial charge in [-0.15, -0.1) is 0 Å². The van der Waals surface area contributed by atoms with Gasteiger partial charge < -0.3 is 24.8 Å². The number of anilines is 2. The van der Waals surface area contributed by atoms with E-state index < -0.39 is 0 Å². The molecule has 1 N–H and O–H groups in total. The van der Waals surface area contributed by atoms with E-state index in [0.717, 1.165) is 57.1 Å². The summed E-state index contributed by atoms with van der Waals surface area (Å²) >= 11 is 0. The Hall–Kier alpha value is -2.73. The molecular formula is C25H34N4O2. The Morgan fingerprint density at radius 1 is 1.06 bits per heavy atom. The quantitative estimate of drug-likeness (QED) is 0.776. The van der Waals surface area contributed by atoms with Gasteiger partial charge >= 0.3 is 0 Å². The van der Waals surface area contributed by atoms with Gasteiger partial charge in [-0.25, -0.2) is 0 Å². The van der Waals surface area contributed by atoms with Crippen molar-refractivity contribution >= 4 is 17.3 Å². The van der Waals surface area contributed by atoms with Gasteiger partial charge in [-0.2, -0.15) is 0 Å². The van der Waals surface area contributed by atoms with Gasteiger partial charge in [0, 0.05) is 68.2 Å². The molecule has 4 rings (SSSR count). The maximum absolute atomic E-state index is 12.9. The van der Waals surface area contributed by atoms with E-state index in [1.807, 2.05) is 30.3 Å². The summed E-state index contributed by atoms with van der Waals surface area (Å²) in [6.07, 6.45) is 0.793. The summed E-state index contributed by atoms with van der Waals surface area (Å²) in [7, 11) is 2.17. The minimum atomic E-state index is -0.0415. The van der Waals surface area contributed by atoms with E-state index in [1.165, 1.54) is 11.3 Å². The van der Waals surface area contributed by atoms with Crippen molar-refractivity contribution in [1.29, 1.82) is 0 Å². The third-order valence-electron chi connectivity index (χ3n) is 6.44. The Bertz CT molecular complexity index is 887. The zero-order chi connectivity index (χ0) is 21.8. The maximum atomic E-state index is 12.9. The van der Waals surface area contributed by atoms with Crippen LogP contribution in [0.3, 0.4) is 0 Å². The number of benzene rings is 2. The highest BCUT2D eigenvalue weighted by Gasteiger charge is 2.26. The lowest BCUT2D eigenvalue weighted by molar-refractivity contribution is 0.0915. The molecule has 6 heteroatoms. The Morgan fingerprint density at radius 3 is 2.45 bits per heavy atom. The van der Waals surface area contributed by atoms with Crippen LogP contribution in [-0.4, -0.2) is 69.8 Å². The van der Waals surface area contributed by atoms with Crippen molar-refractivity contribution in [3.05, 3.63) is 53.6 Å². The second-order valence-corrected chi connectivity index (χ2v) is 8.45. The highest BCUT2D eigenvalue weighted by molar-refractivity contribution is 5.94. The molecule has 1 amide bonds. The van der Waals surface area contributed by atoms with E-state index in [0.29, 0.717) is 12.2 Å². The first kappa shape index (κ1) is 21.5. The van der Waals surface area contributed by atoms with Crippen molar-refractivity contribution in [1.82, 2.24) is 10.2 Å². The highest BCUT2D eigenvalue weighted by atomic mass is 16.5. The molecule has 0 radical (unpaired) electrons. The number of nitrogens with zero attached hydrogens (tertiary/aromatic N) is 3. The monoisotopic (exact) mass is 422 g/mol. The fourth-order valence-corrected chi connectivity index (χ4v) is 4.51. The van der Waals surface area contributed by atoms with Crippen molar-refractivity contribution in [3.63, 3.8) is 0 Å². The van der Waals surface area contributed by atoms with Crippen molar-refractivity contribution < 1.29 is 9.53 Å². The molecule has 6 nitrogen and oxygen atoms in total. The lowest BCUT2D eigenvalue weighted by Crippen LogP contribution is -2.46. The number of ether oxygens (including phenoxy) is 1. The third kappa shape index (κ3) is 4.79. The first-order valence-corrected chi connectivity index (χ1v) is 11.4. The first-order valence-electron chi connectivity index (χ1n) is 11.4. The summed E-state index contributed by atoms with van der Waals surface area (Å²) in [5.74, 6) is 0.908. The average molecular weight is 423 g/mol. The predicted molar refractivity (Wildman–Crippen MR) is 127 cm³/mol. The van der Waals surface area contributed by atoms with Gasteiger partial charge in [-0.1, -0.05) is 6.07 Å². The van der Waals surface area contributed by atoms with Gasteiger partial charge in [-0.3, -0.25) is 4.79 Å². The summed E-state index contributed by atoms with van der Waals surface area (Å²) in [6.45, 7) is 10.9. The summed E-state index contributed by atoms with van der Waals surface area (Å²) in [6, 6.07) is 14.1. The van der Waals surface area contributed by atoms with Crippen LogP contribution in [-0.2, 0) is 6.42 Å². The number of likely N-dealkylation sites (N-methyl/N-ethyl adjacent to an activating group) is 1. The minimum absolute atomic E-state index is 0.0314. The zero-order valence-corrected chi connectivity index (χ0v) is 18.9. The molecule has 0 spiro atoms. The van der Waals surface area contributed by atoms with Crippen molar-refractivity contribution in [2.75, 3.05) is 62.7 Å². The summed E-state index contributed by atoms with van der Waals surface area (Å²) in [5.41, 5.74) is 4.29. The molecule has 2 heterocycles. The molecule has 0 aromatic heterocycles. The Kier molecular flexibility index (Phi) is 6.66. The molecular weight excluding hydrogens is 388 g/mol. The average Bonchev–Trinajstić information content (AvgIpc) is 2.80. The number of hydrogen-bond donors (Lipinski definition) is 1. The van der Waals surface area contributed by atoms with Crippen LogP contribution in [0.25, 0.3) is 0 Å². The molecule has 0 aliphatic carbocycles. The van der Waals surface area contributed by atoms with E-state index in [-0.39, 0.29) is 11.9 Å². The smallest absolute Gasteiger partial charge is 0.251 e. The lowest BCUT2D eigenvalue weighted by Gasteiger charge is -2.37. The molecule has 0 saturated carbocycles. The normalized spacial score (nSPS) is 18.8. The topological polar surface area (TPSA) is 48.1 Å². The molecule has 2 aliphatic rings. The predicted octanol–water partition coefficient (Wildman–Crippen LogP) is 3.02. The van der Waals surface area contributed by atoms with Crippen LogP contribution in [0, 0.1) is 0 Å². The first-order chi connectivity index (χ1) is 15.1. The van der Waals surface area contributed by atoms with E-state index in [1.54, 1.807) is 0 Å². The Labute approximate surface area is 185 Å². The highest BCUT2D eigenvalue weighted by Crippen LogP contribution is 2.34. The van der Waals surface area contributed by atoms with Crippen LogP contribution in [0.15, 0.2) is 42.5 Å². The van der Waals surface area contributed by atoms with Gasteiger partial charge in [-0.05, 0) is 57.3 Å². The summed E-state index contributed by atoms with van der Waals surface area (Å²) in [4.78, 5) is 19.9. The molecule has 2 aromatic carbocycles. The van der Waals surface area contributed by atoms with Crippen LogP contribution in [0.5, 0.6) is 5.75 Å². The number of amides is 1. The van der Waals surface area contributed by atoms with Crippen LogP contribution in [0.1, 0.15) is 29.8 Å². The standard InChI is InChI=1S/C25H34N4O2/c1-4-28(5-2)21-11-9-19(10-12-21)25(30)26-20-17-22-23(7-6-8-24(22)31-18-20)29-15-13-27(3)14-16-29/h6-12,20H,4-5,13-18H2,1-3H3,(H,26,30)/t20-/m1/s1. The molecule has 31 heavy (non-hydrogen) atoms. The number of rotatable bonds is 6. The Morgan fingerprint density at radius 2 is 1.77 bits per heavy atom. The fourth-order valence-electron chi connectivity index (χ4n) is 4.51. The van der Waals surface area contributed by atoms with Crippen LogP contribution >= 0.6 is 0 Å². The van der Waals surface area contributed by atoms with Crippen molar-refractivity contribution in [2.24, 2.45) is 0 Å². The SMILES string of the molecule is CCN(CC)c1ccc(C(=O)N[C@H]2COc3cccc(N4CCN(C)CC4)c3C2)cc1. The molecule has 1 fully saturated rings. The second-order valence-electron chi connectivity index (χ2n) is 8.45. The number of carbonyl (C=O) groups excluding carboxylic acids is 1. The van der Waals surface area contributed by atoms with E-state index in [9.17, 15) is 4.79 Å². The van der Waals surface area contributed by atoms with Crippen LogP contribution < -0.4 is 19.9 Å². The summed E-state index contributed by atoms with van der Waals surface area (Å²) in [5, 5.41) is 3.19. The van der Waals surface area contributed by atoms with Crippen LogP contribution in [0.4, 0.5) is 11.4 Å². The number of fused-ring (bicyclic) bond motifs is 1. The van der Waals surface area contributed by atoms with Crippen molar-refractivity contribution in [3.8, 4) is 5.75 Å². The molecule has 1 saturated heterocycles. The molecule has 2 aliphatic heterocycles. The van der Waals surface area contributed by atoms with Crippen LogP contribution in [0.2, 0.25) is 0 Å². The second kappa shape index (κ2) is 9.60. The molecule has 166 valence electrons. The molecule has 1 atom stereocenters. The third-order valence-corrected chi connectivity index (χ3v) is 6.44. The summed E-state index contributed by atoms with van der Waals surface area (Å²) < 4.78 is 6.05. The zero-order valence-electron chi connectivity index (χ0n) is 18.9. The number of nitrogens with one attached hydrogen (secondary N) is 1. The largest absolute Gasteiger partial charge is 0.491 e. The van der Waals surface area contributed by atoms with E-state index in [4.69, 9.17) is 4.74 Å². The van der Waals surface area contributed by atoms with Gasteiger partial charge in [0.25, 0.3) is 5.91 Å². The Balaban J connectivity index is 1.43. The van der Waals surface area contributed by atoms with E-state index in [2.05, 4.69) is 53.0 Å². The van der Waals surface area contributed by atoms with E-state index >= 15 is 0 Å². The maximum Gasteiger partial charge on any atom is 0.251 e. The minimum Gasteiger partial charge on any atom is -0.491 e. The molecule has 0 unspecified atom stereocenters. The lowest BCUT2D eigenvalue weighted by atomic mass is 9.99. The number of hydrogen-bond acceptors (Lipinski definition) is 5.